The molecule has 0 aliphatic carbocycles. The number of aromatic nitrogens is 7. The zero-order chi connectivity index (χ0) is 71.7. The molecule has 0 fully saturated rings. The first-order chi connectivity index (χ1) is 53.5. The van der Waals surface area contributed by atoms with Crippen LogP contribution in [0.2, 0.25) is 0 Å². The van der Waals surface area contributed by atoms with Gasteiger partial charge in [-0.15, -0.1) is 0 Å². The molecule has 7 aromatic heterocycles. The molecular formula is C101H65N7. The van der Waals surface area contributed by atoms with Crippen LogP contribution in [0.4, 0.5) is 0 Å². The second-order valence-corrected chi connectivity index (χ2v) is 27.0. The van der Waals surface area contributed by atoms with Crippen molar-refractivity contribution in [3.05, 3.63) is 395 Å². The number of hydrogen-bond acceptors (Lipinski definition) is 7. The maximum atomic E-state index is 5.33. The highest BCUT2D eigenvalue weighted by atomic mass is 14.8. The number of para-hydroxylation sites is 2. The Kier molecular flexibility index (Phi) is 16.8. The summed E-state index contributed by atoms with van der Waals surface area (Å²) < 4.78 is 0. The number of fused-ring (bicyclic) bond motifs is 9. The highest BCUT2D eigenvalue weighted by Gasteiger charge is 2.21. The first-order valence-electron chi connectivity index (χ1n) is 36.4. The van der Waals surface area contributed by atoms with Crippen molar-refractivity contribution in [3.8, 4) is 135 Å². The third-order valence-electron chi connectivity index (χ3n) is 20.4. The third-order valence-corrected chi connectivity index (χ3v) is 20.4. The highest BCUT2D eigenvalue weighted by molar-refractivity contribution is 6.19. The predicted octanol–water partition coefficient (Wildman–Crippen LogP) is 26.1. The number of pyridine rings is 7. The number of benzene rings is 13. The van der Waals surface area contributed by atoms with E-state index in [1.807, 2.05) is 54.6 Å². The molecule has 0 amide bonds. The van der Waals surface area contributed by atoms with Crippen LogP contribution in [-0.4, -0.2) is 34.9 Å². The van der Waals surface area contributed by atoms with Crippen molar-refractivity contribution in [3.63, 3.8) is 0 Å². The molecule has 108 heavy (non-hydrogen) atoms. The predicted molar refractivity (Wildman–Crippen MR) is 448 cm³/mol. The fourth-order valence-corrected chi connectivity index (χ4v) is 15.3. The summed E-state index contributed by atoms with van der Waals surface area (Å²) in [5, 5.41) is 9.07. The summed E-state index contributed by atoms with van der Waals surface area (Å²) in [6.07, 6.45) is 3.60. The second-order valence-electron chi connectivity index (χ2n) is 27.0. The van der Waals surface area contributed by atoms with Crippen LogP contribution in [0.15, 0.2) is 395 Å². The fraction of sp³-hybridized carbons (Fsp3) is 0. The third kappa shape index (κ3) is 12.3. The van der Waals surface area contributed by atoms with E-state index in [2.05, 4.69) is 338 Å². The number of nitrogens with zero attached hydrogens (tertiary/aromatic N) is 7. The molecule has 20 rings (SSSR count). The Bertz CT molecular complexity index is 6710. The molecule has 0 saturated heterocycles. The van der Waals surface area contributed by atoms with Crippen LogP contribution in [0.3, 0.4) is 0 Å². The lowest BCUT2D eigenvalue weighted by Crippen LogP contribution is -1.94. The van der Waals surface area contributed by atoms with E-state index in [4.69, 9.17) is 24.9 Å². The van der Waals surface area contributed by atoms with Gasteiger partial charge >= 0.3 is 0 Å². The van der Waals surface area contributed by atoms with Gasteiger partial charge in [0, 0.05) is 77.7 Å². The van der Waals surface area contributed by atoms with Gasteiger partial charge in [-0.1, -0.05) is 309 Å². The van der Waals surface area contributed by atoms with E-state index in [9.17, 15) is 0 Å². The van der Waals surface area contributed by atoms with Crippen LogP contribution in [0.5, 0.6) is 0 Å². The molecule has 0 bridgehead atoms. The highest BCUT2D eigenvalue weighted by Crippen LogP contribution is 2.45. The minimum absolute atomic E-state index is 0.810. The lowest BCUT2D eigenvalue weighted by atomic mass is 9.89. The van der Waals surface area contributed by atoms with Gasteiger partial charge in [0.2, 0.25) is 0 Å². The molecule has 0 radical (unpaired) electrons. The minimum Gasteiger partial charge on any atom is -0.255 e. The molecule has 7 nitrogen and oxygen atoms in total. The van der Waals surface area contributed by atoms with Gasteiger partial charge < -0.3 is 0 Å². The van der Waals surface area contributed by atoms with Gasteiger partial charge in [0.25, 0.3) is 0 Å². The molecule has 13 aromatic carbocycles. The average molecular weight is 1380 g/mol. The lowest BCUT2D eigenvalue weighted by molar-refractivity contribution is 1.22. The summed E-state index contributed by atoms with van der Waals surface area (Å²) in [7, 11) is 0. The van der Waals surface area contributed by atoms with Crippen molar-refractivity contribution in [2.45, 2.75) is 0 Å². The quantitative estimate of drug-likeness (QED) is 0.113. The van der Waals surface area contributed by atoms with E-state index in [1.165, 1.54) is 38.6 Å². The standard InChI is InChI=1S/C52H34N4.C49H31N3/c1-2-14-37(15-3-1)41-18-4-5-19-43(41)52-45-22-13-21-42(51(45)44-20-6-7-23-46(44)56-52)39-17-12-16-38(32-39)35-26-28-36(29-27-35)40-33-49(47-24-8-10-30-53-47)55-50(34-40)48-25-9-11-31-54-48;1-3-13-32(14-4-1)38-19-7-8-20-40(38)49-42-23-12-22-39(46(42)41-21-9-10-24-45(41)52-49)36-17-11-18-37(31-36)44-30-28-35-26-25-34-27-29-43(33-15-5-2-6-16-33)50-47(34)48(35)51-44/h1-34H;1-31H. The molecule has 0 saturated carbocycles. The molecule has 0 aliphatic heterocycles. The van der Waals surface area contributed by atoms with Gasteiger partial charge in [-0.3, -0.25) is 9.97 Å². The summed E-state index contributed by atoms with van der Waals surface area (Å²) in [5.74, 6) is 0. The van der Waals surface area contributed by atoms with Gasteiger partial charge in [-0.2, -0.15) is 0 Å². The Hall–Kier alpha value is -14.5. The minimum atomic E-state index is 0.810. The Morgan fingerprint density at radius 3 is 1.02 bits per heavy atom. The maximum absolute atomic E-state index is 5.33. The largest absolute Gasteiger partial charge is 0.255 e. The fourth-order valence-electron chi connectivity index (χ4n) is 15.3. The van der Waals surface area contributed by atoms with E-state index in [1.54, 1.807) is 12.4 Å². The lowest BCUT2D eigenvalue weighted by Gasteiger charge is -2.17. The molecule has 0 spiro atoms. The van der Waals surface area contributed by atoms with Crippen LogP contribution >= 0.6 is 0 Å². The van der Waals surface area contributed by atoms with Crippen molar-refractivity contribution in [2.75, 3.05) is 0 Å². The molecule has 7 heteroatoms. The van der Waals surface area contributed by atoms with E-state index in [-0.39, 0.29) is 0 Å². The molecule has 7 heterocycles. The summed E-state index contributed by atoms with van der Waals surface area (Å²) in [4.78, 5) is 35.2. The van der Waals surface area contributed by atoms with Gasteiger partial charge in [-0.05, 0) is 140 Å². The average Bonchev–Trinajstić information content (AvgIpc) is 0.740. The van der Waals surface area contributed by atoms with Crippen molar-refractivity contribution >= 4 is 65.2 Å². The summed E-state index contributed by atoms with van der Waals surface area (Å²) >= 11 is 0. The van der Waals surface area contributed by atoms with Crippen molar-refractivity contribution in [1.29, 1.82) is 0 Å². The van der Waals surface area contributed by atoms with Crippen molar-refractivity contribution in [2.24, 2.45) is 0 Å². The summed E-state index contributed by atoms with van der Waals surface area (Å²) in [5.41, 5.74) is 29.0. The van der Waals surface area contributed by atoms with E-state index < -0.39 is 0 Å². The molecule has 20 aromatic rings. The molecule has 504 valence electrons. The summed E-state index contributed by atoms with van der Waals surface area (Å²) in [6, 6.07) is 134. The van der Waals surface area contributed by atoms with E-state index >= 15 is 0 Å². The second kappa shape index (κ2) is 28.3. The Labute approximate surface area is 625 Å². The Balaban J connectivity index is 0.000000147. The van der Waals surface area contributed by atoms with Crippen LogP contribution in [-0.2, 0) is 0 Å². The molecule has 0 aliphatic rings. The maximum Gasteiger partial charge on any atom is 0.0972 e. The number of hydrogen-bond donors (Lipinski definition) is 0. The van der Waals surface area contributed by atoms with Crippen molar-refractivity contribution in [1.82, 2.24) is 34.9 Å². The molecule has 0 atom stereocenters. The monoisotopic (exact) mass is 1380 g/mol. The smallest absolute Gasteiger partial charge is 0.0972 e. The Morgan fingerprint density at radius 1 is 0.167 bits per heavy atom. The zero-order valence-corrected chi connectivity index (χ0v) is 58.7. The first kappa shape index (κ1) is 64.3. The van der Waals surface area contributed by atoms with Gasteiger partial charge in [-0.25, -0.2) is 24.9 Å². The van der Waals surface area contributed by atoms with Gasteiger partial charge in [0.15, 0.2) is 0 Å². The van der Waals surface area contributed by atoms with Crippen LogP contribution in [0.1, 0.15) is 0 Å². The molecular weight excluding hydrogens is 1310 g/mol. The summed E-state index contributed by atoms with van der Waals surface area (Å²) in [6.45, 7) is 0. The van der Waals surface area contributed by atoms with Crippen molar-refractivity contribution < 1.29 is 0 Å². The van der Waals surface area contributed by atoms with E-state index in [0.29, 0.717) is 0 Å². The van der Waals surface area contributed by atoms with Crippen LogP contribution < -0.4 is 0 Å². The topological polar surface area (TPSA) is 90.2 Å². The number of rotatable bonds is 12. The van der Waals surface area contributed by atoms with Crippen LogP contribution in [0.25, 0.3) is 200 Å². The Morgan fingerprint density at radius 2 is 0.528 bits per heavy atom. The SMILES string of the molecule is c1ccc(-c2ccc3ccc4ccc(-c5cccc(-c6cccc7c(-c8ccccc8-c8ccccc8)nc8ccccc8c67)c5)nc4c3n2)cc1.c1ccc(-c2ccccc2-c2nc3ccccc3c3c(-c4cccc(-c5ccc(-c6cc(-c7ccccn7)nc(-c7ccccn7)c6)cc5)c4)cccc23)cc1. The first-order valence-corrected chi connectivity index (χ1v) is 36.4. The van der Waals surface area contributed by atoms with E-state index in [0.717, 1.165) is 161 Å². The normalized spacial score (nSPS) is 11.3. The zero-order valence-electron chi connectivity index (χ0n) is 58.7. The van der Waals surface area contributed by atoms with Crippen LogP contribution in [0, 0.1) is 0 Å². The molecule has 0 unspecified atom stereocenters. The molecule has 0 N–H and O–H groups in total. The van der Waals surface area contributed by atoms with Gasteiger partial charge in [0.1, 0.15) is 0 Å². The van der Waals surface area contributed by atoms with Gasteiger partial charge in [0.05, 0.1) is 67.6 Å².